The fourth-order valence-electron chi connectivity index (χ4n) is 3.94. The molecular weight excluding hydrogens is 300 g/mol. The molecule has 3 rings (SSSR count). The Hall–Kier alpha value is -1.64. The molecule has 0 saturated carbocycles. The number of pyridine rings is 1. The lowest BCUT2D eigenvalue weighted by atomic mass is 9.93. The lowest BCUT2D eigenvalue weighted by Crippen LogP contribution is -2.46. The predicted octanol–water partition coefficient (Wildman–Crippen LogP) is 2.67. The third-order valence-corrected chi connectivity index (χ3v) is 5.14. The third kappa shape index (κ3) is 4.46. The molecule has 24 heavy (non-hydrogen) atoms. The van der Waals surface area contributed by atoms with Gasteiger partial charge in [0.15, 0.2) is 0 Å². The highest BCUT2D eigenvalue weighted by Gasteiger charge is 2.24. The van der Waals surface area contributed by atoms with Crippen molar-refractivity contribution < 1.29 is 4.74 Å². The molecule has 0 spiro atoms. The monoisotopic (exact) mass is 328 g/mol. The number of anilines is 1. The van der Waals surface area contributed by atoms with Crippen molar-refractivity contribution in [1.29, 1.82) is 5.26 Å². The fraction of sp³-hybridized carbons (Fsp3) is 0.684. The highest BCUT2D eigenvalue weighted by Crippen LogP contribution is 2.25. The summed E-state index contributed by atoms with van der Waals surface area (Å²) in [6.07, 6.45) is 4.42. The maximum absolute atomic E-state index is 8.99. The van der Waals surface area contributed by atoms with Crippen molar-refractivity contribution in [2.75, 3.05) is 37.6 Å². The summed E-state index contributed by atoms with van der Waals surface area (Å²) in [7, 11) is 0. The summed E-state index contributed by atoms with van der Waals surface area (Å²) < 4.78 is 5.81. The Bertz CT molecular complexity index is 567. The molecule has 2 aliphatic heterocycles. The van der Waals surface area contributed by atoms with E-state index in [0.717, 1.165) is 37.9 Å². The fourth-order valence-corrected chi connectivity index (χ4v) is 3.94. The van der Waals surface area contributed by atoms with Crippen molar-refractivity contribution >= 4 is 5.82 Å². The maximum Gasteiger partial charge on any atom is 0.142 e. The molecule has 2 fully saturated rings. The van der Waals surface area contributed by atoms with Gasteiger partial charge in [-0.2, -0.15) is 5.26 Å². The van der Waals surface area contributed by atoms with Crippen LogP contribution in [0.2, 0.25) is 0 Å². The Balaban J connectivity index is 1.44. The normalized spacial score (nSPS) is 26.3. The molecule has 0 bridgehead atoms. The Labute approximate surface area is 145 Å². The van der Waals surface area contributed by atoms with Gasteiger partial charge in [0, 0.05) is 26.2 Å². The van der Waals surface area contributed by atoms with Crippen LogP contribution in [0.3, 0.4) is 0 Å². The van der Waals surface area contributed by atoms with E-state index in [9.17, 15) is 0 Å². The number of nitrogens with zero attached hydrogens (tertiary/aromatic N) is 4. The van der Waals surface area contributed by atoms with E-state index >= 15 is 0 Å². The van der Waals surface area contributed by atoms with Gasteiger partial charge < -0.3 is 9.64 Å². The van der Waals surface area contributed by atoms with Crippen LogP contribution in [0.25, 0.3) is 0 Å². The Morgan fingerprint density at radius 1 is 1.21 bits per heavy atom. The van der Waals surface area contributed by atoms with Crippen molar-refractivity contribution in [2.24, 2.45) is 5.92 Å². The molecule has 1 aromatic rings. The van der Waals surface area contributed by atoms with Gasteiger partial charge in [-0.25, -0.2) is 4.98 Å². The van der Waals surface area contributed by atoms with Crippen molar-refractivity contribution in [1.82, 2.24) is 9.88 Å². The van der Waals surface area contributed by atoms with Crippen LogP contribution in [0.15, 0.2) is 18.2 Å². The lowest BCUT2D eigenvalue weighted by molar-refractivity contribution is -0.0690. The van der Waals surface area contributed by atoms with Gasteiger partial charge in [0.2, 0.25) is 0 Å². The quantitative estimate of drug-likeness (QED) is 0.850. The summed E-state index contributed by atoms with van der Waals surface area (Å²) in [5, 5.41) is 8.99. The Morgan fingerprint density at radius 3 is 2.58 bits per heavy atom. The number of hydrogen-bond donors (Lipinski definition) is 0. The van der Waals surface area contributed by atoms with E-state index in [0.29, 0.717) is 17.9 Å². The minimum absolute atomic E-state index is 0.356. The minimum Gasteiger partial charge on any atom is -0.373 e. The summed E-state index contributed by atoms with van der Waals surface area (Å²) >= 11 is 0. The number of ether oxygens (including phenoxy) is 1. The number of nitriles is 1. The Kier molecular flexibility index (Phi) is 5.70. The molecule has 0 aliphatic carbocycles. The van der Waals surface area contributed by atoms with Gasteiger partial charge in [-0.15, -0.1) is 0 Å². The van der Waals surface area contributed by atoms with E-state index in [1.165, 1.54) is 25.8 Å². The van der Waals surface area contributed by atoms with Gasteiger partial charge in [-0.1, -0.05) is 6.07 Å². The number of morpholine rings is 1. The molecule has 2 aliphatic rings. The molecule has 1 aromatic heterocycles. The minimum atomic E-state index is 0.356. The molecule has 0 amide bonds. The molecule has 5 heteroatoms. The van der Waals surface area contributed by atoms with Crippen molar-refractivity contribution in [3.05, 3.63) is 23.9 Å². The molecular formula is C19H28N4O. The molecule has 2 atom stereocenters. The summed E-state index contributed by atoms with van der Waals surface area (Å²) in [6, 6.07) is 7.83. The first-order chi connectivity index (χ1) is 11.6. The summed E-state index contributed by atoms with van der Waals surface area (Å²) in [6.45, 7) is 9.74. The van der Waals surface area contributed by atoms with E-state index in [2.05, 4.69) is 34.7 Å². The zero-order chi connectivity index (χ0) is 16.9. The standard InChI is InChI=1S/C19H28N4O/c1-15-13-22(14-16(2)24-15)9-6-17-7-10-23(11-8-17)19-5-3-4-18(12-20)21-19/h3-5,15-17H,6-11,13-14H2,1-2H3. The van der Waals surface area contributed by atoms with Gasteiger partial charge in [0.1, 0.15) is 17.6 Å². The second-order valence-corrected chi connectivity index (χ2v) is 7.23. The van der Waals surface area contributed by atoms with Gasteiger partial charge in [0.25, 0.3) is 0 Å². The van der Waals surface area contributed by atoms with E-state index in [1.807, 2.05) is 12.1 Å². The topological polar surface area (TPSA) is 52.4 Å². The van der Waals surface area contributed by atoms with E-state index < -0.39 is 0 Å². The SMILES string of the molecule is CC1CN(CCC2CCN(c3cccc(C#N)n3)CC2)CC(C)O1. The maximum atomic E-state index is 8.99. The van der Waals surface area contributed by atoms with Crippen LogP contribution < -0.4 is 4.90 Å². The molecule has 0 N–H and O–H groups in total. The first-order valence-corrected chi connectivity index (χ1v) is 9.14. The van der Waals surface area contributed by atoms with Crippen LogP contribution in [0.1, 0.15) is 38.8 Å². The summed E-state index contributed by atoms with van der Waals surface area (Å²) in [5.74, 6) is 1.75. The molecule has 5 nitrogen and oxygen atoms in total. The smallest absolute Gasteiger partial charge is 0.142 e. The largest absolute Gasteiger partial charge is 0.373 e. The second kappa shape index (κ2) is 7.96. The number of hydrogen-bond acceptors (Lipinski definition) is 5. The molecule has 0 aromatic carbocycles. The predicted molar refractivity (Wildman–Crippen MR) is 95.0 cm³/mol. The highest BCUT2D eigenvalue weighted by molar-refractivity contribution is 5.41. The van der Waals surface area contributed by atoms with Crippen LogP contribution >= 0.6 is 0 Å². The zero-order valence-electron chi connectivity index (χ0n) is 14.8. The molecule has 2 unspecified atom stereocenters. The molecule has 3 heterocycles. The second-order valence-electron chi connectivity index (χ2n) is 7.23. The first kappa shape index (κ1) is 17.2. The third-order valence-electron chi connectivity index (χ3n) is 5.14. The van der Waals surface area contributed by atoms with Crippen LogP contribution in [-0.2, 0) is 4.74 Å². The van der Waals surface area contributed by atoms with Crippen LogP contribution in [0, 0.1) is 17.2 Å². The zero-order valence-corrected chi connectivity index (χ0v) is 14.8. The summed E-state index contributed by atoms with van der Waals surface area (Å²) in [5.41, 5.74) is 0.505. The molecule has 130 valence electrons. The Morgan fingerprint density at radius 2 is 1.92 bits per heavy atom. The van der Waals surface area contributed by atoms with E-state index in [1.54, 1.807) is 6.07 Å². The van der Waals surface area contributed by atoms with E-state index in [-0.39, 0.29) is 0 Å². The summed E-state index contributed by atoms with van der Waals surface area (Å²) in [4.78, 5) is 9.29. The average molecular weight is 328 g/mol. The van der Waals surface area contributed by atoms with Crippen LogP contribution in [-0.4, -0.2) is 54.8 Å². The van der Waals surface area contributed by atoms with Crippen LogP contribution in [0.5, 0.6) is 0 Å². The van der Waals surface area contributed by atoms with Gasteiger partial charge in [-0.3, -0.25) is 4.90 Å². The van der Waals surface area contributed by atoms with Crippen molar-refractivity contribution in [3.8, 4) is 6.07 Å². The first-order valence-electron chi connectivity index (χ1n) is 9.14. The van der Waals surface area contributed by atoms with E-state index in [4.69, 9.17) is 10.00 Å². The number of rotatable bonds is 4. The van der Waals surface area contributed by atoms with Crippen LogP contribution in [0.4, 0.5) is 5.82 Å². The average Bonchev–Trinajstić information content (AvgIpc) is 2.60. The van der Waals surface area contributed by atoms with Gasteiger partial charge in [-0.05, 0) is 57.7 Å². The van der Waals surface area contributed by atoms with Crippen molar-refractivity contribution in [2.45, 2.75) is 45.3 Å². The van der Waals surface area contributed by atoms with Crippen molar-refractivity contribution in [3.63, 3.8) is 0 Å². The lowest BCUT2D eigenvalue weighted by Gasteiger charge is -2.37. The number of piperidine rings is 1. The van der Waals surface area contributed by atoms with Gasteiger partial charge >= 0.3 is 0 Å². The highest BCUT2D eigenvalue weighted by atomic mass is 16.5. The number of aromatic nitrogens is 1. The molecule has 0 radical (unpaired) electrons. The molecule has 2 saturated heterocycles. The van der Waals surface area contributed by atoms with Gasteiger partial charge in [0.05, 0.1) is 12.2 Å².